The number of benzene rings is 2. The van der Waals surface area contributed by atoms with Gasteiger partial charge < -0.3 is 4.74 Å². The second-order valence-electron chi connectivity index (χ2n) is 6.08. The van der Waals surface area contributed by atoms with Gasteiger partial charge in [-0.2, -0.15) is 8.78 Å². The molecule has 1 heterocycles. The Kier molecular flexibility index (Phi) is 5.94. The highest BCUT2D eigenvalue weighted by Crippen LogP contribution is 2.31. The molecule has 0 saturated heterocycles. The van der Waals surface area contributed by atoms with E-state index in [0.717, 1.165) is 11.1 Å². The number of aryl methyl sites for hydroxylation is 1. The first-order valence-corrected chi connectivity index (χ1v) is 11.0. The van der Waals surface area contributed by atoms with Gasteiger partial charge in [0.1, 0.15) is 5.75 Å². The van der Waals surface area contributed by atoms with Crippen LogP contribution in [0.3, 0.4) is 0 Å². The van der Waals surface area contributed by atoms with Crippen LogP contribution in [0.2, 0.25) is 0 Å². The summed E-state index contributed by atoms with van der Waals surface area (Å²) in [6.07, 6.45) is 1.07. The lowest BCUT2D eigenvalue weighted by atomic mass is 10.1. The number of hydrogen-bond donors (Lipinski definition) is 1. The van der Waals surface area contributed by atoms with E-state index < -0.39 is 22.4 Å². The first-order chi connectivity index (χ1) is 13.6. The molecule has 1 amide bonds. The van der Waals surface area contributed by atoms with Gasteiger partial charge in [0.2, 0.25) is 0 Å². The minimum Gasteiger partial charge on any atom is -0.435 e. The van der Waals surface area contributed by atoms with E-state index in [9.17, 15) is 22.0 Å². The number of nitrogens with one attached hydrogen (secondary N) is 1. The molecule has 6 nitrogen and oxygen atoms in total. The third kappa shape index (κ3) is 5.15. The average molecular weight is 438 g/mol. The van der Waals surface area contributed by atoms with Crippen molar-refractivity contribution in [1.29, 1.82) is 0 Å². The molecule has 0 atom stereocenters. The van der Waals surface area contributed by atoms with Gasteiger partial charge in [-0.25, -0.2) is 13.4 Å². The number of amides is 1. The summed E-state index contributed by atoms with van der Waals surface area (Å²) in [4.78, 5) is 17.7. The van der Waals surface area contributed by atoms with Crippen LogP contribution >= 0.6 is 11.3 Å². The Balaban J connectivity index is 1.79. The van der Waals surface area contributed by atoms with Crippen molar-refractivity contribution in [2.45, 2.75) is 18.4 Å². The molecule has 0 saturated carbocycles. The van der Waals surface area contributed by atoms with Gasteiger partial charge in [-0.05, 0) is 49.4 Å². The molecule has 152 valence electrons. The minimum atomic E-state index is -3.43. The molecule has 10 heteroatoms. The summed E-state index contributed by atoms with van der Waals surface area (Å²) in [5, 5.41) is 2.99. The highest BCUT2D eigenvalue weighted by Gasteiger charge is 2.15. The molecule has 0 aliphatic carbocycles. The normalized spacial score (nSPS) is 11.5. The summed E-state index contributed by atoms with van der Waals surface area (Å²) in [5.41, 5.74) is 1.47. The predicted molar refractivity (Wildman–Crippen MR) is 106 cm³/mol. The van der Waals surface area contributed by atoms with Gasteiger partial charge in [-0.15, -0.1) is 11.3 Å². The lowest BCUT2D eigenvalue weighted by Crippen LogP contribution is -2.12. The van der Waals surface area contributed by atoms with Crippen LogP contribution in [0.25, 0.3) is 11.3 Å². The molecule has 0 bridgehead atoms. The first-order valence-electron chi connectivity index (χ1n) is 8.27. The van der Waals surface area contributed by atoms with Gasteiger partial charge in [-0.1, -0.05) is 6.07 Å². The standard InChI is InChI=1S/C19H16F2N2O4S2/c1-11-16(12-6-8-14(9-7-12)27-18(20)21)22-19(28-11)23-17(24)13-4-3-5-15(10-13)29(2,25)26/h3-10,18H,1-2H3,(H,22,23,24). The van der Waals surface area contributed by atoms with Crippen molar-refractivity contribution >= 4 is 32.2 Å². The van der Waals surface area contributed by atoms with Crippen molar-refractivity contribution in [3.8, 4) is 17.0 Å². The van der Waals surface area contributed by atoms with Gasteiger partial charge in [-0.3, -0.25) is 10.1 Å². The third-order valence-electron chi connectivity index (χ3n) is 3.89. The Hall–Kier alpha value is -2.85. The number of alkyl halides is 2. The van der Waals surface area contributed by atoms with Crippen LogP contribution in [0.15, 0.2) is 53.4 Å². The van der Waals surface area contributed by atoms with Crippen LogP contribution in [-0.2, 0) is 9.84 Å². The Morgan fingerprint density at radius 3 is 2.48 bits per heavy atom. The maximum Gasteiger partial charge on any atom is 0.387 e. The number of aromatic nitrogens is 1. The van der Waals surface area contributed by atoms with E-state index >= 15 is 0 Å². The van der Waals surface area contributed by atoms with Crippen molar-refractivity contribution in [1.82, 2.24) is 4.98 Å². The van der Waals surface area contributed by atoms with Gasteiger partial charge in [0.15, 0.2) is 15.0 Å². The zero-order valence-corrected chi connectivity index (χ0v) is 17.0. The molecule has 0 radical (unpaired) electrons. The number of ether oxygens (including phenoxy) is 1. The topological polar surface area (TPSA) is 85.4 Å². The molecule has 2 aromatic carbocycles. The number of sulfone groups is 1. The Morgan fingerprint density at radius 1 is 1.17 bits per heavy atom. The van der Waals surface area contributed by atoms with E-state index in [2.05, 4.69) is 15.0 Å². The third-order valence-corrected chi connectivity index (χ3v) is 5.89. The van der Waals surface area contributed by atoms with E-state index in [-0.39, 0.29) is 16.2 Å². The molecule has 0 aliphatic rings. The zero-order valence-electron chi connectivity index (χ0n) is 15.3. The van der Waals surface area contributed by atoms with Crippen molar-refractivity contribution < 1.29 is 26.7 Å². The fraction of sp³-hybridized carbons (Fsp3) is 0.158. The Morgan fingerprint density at radius 2 is 1.86 bits per heavy atom. The highest BCUT2D eigenvalue weighted by atomic mass is 32.2. The quantitative estimate of drug-likeness (QED) is 0.618. The second kappa shape index (κ2) is 8.26. The molecular weight excluding hydrogens is 422 g/mol. The van der Waals surface area contributed by atoms with Gasteiger partial charge in [0.25, 0.3) is 5.91 Å². The van der Waals surface area contributed by atoms with E-state index in [0.29, 0.717) is 16.4 Å². The molecule has 3 rings (SSSR count). The monoisotopic (exact) mass is 438 g/mol. The number of carbonyl (C=O) groups is 1. The van der Waals surface area contributed by atoms with Gasteiger partial charge in [0.05, 0.1) is 10.6 Å². The Labute approximate surface area is 170 Å². The molecule has 0 unspecified atom stereocenters. The van der Waals surface area contributed by atoms with Gasteiger partial charge >= 0.3 is 6.61 Å². The zero-order chi connectivity index (χ0) is 21.2. The van der Waals surface area contributed by atoms with E-state index in [1.807, 2.05) is 6.92 Å². The summed E-state index contributed by atoms with van der Waals surface area (Å²) in [7, 11) is -3.43. The summed E-state index contributed by atoms with van der Waals surface area (Å²) in [5.74, 6) is -0.451. The second-order valence-corrected chi connectivity index (χ2v) is 9.30. The first kappa shape index (κ1) is 20.9. The molecular formula is C19H16F2N2O4S2. The maximum atomic E-state index is 12.5. The molecule has 0 fully saturated rings. The van der Waals surface area contributed by atoms with Crippen LogP contribution in [0, 0.1) is 6.92 Å². The predicted octanol–water partition coefficient (Wildman–Crippen LogP) is 4.38. The summed E-state index contributed by atoms with van der Waals surface area (Å²) in [6.45, 7) is -1.08. The number of anilines is 1. The van der Waals surface area contributed by atoms with Crippen molar-refractivity contribution in [2.24, 2.45) is 0 Å². The number of thiazole rings is 1. The van der Waals surface area contributed by atoms with E-state index in [1.54, 1.807) is 12.1 Å². The molecule has 3 aromatic rings. The van der Waals surface area contributed by atoms with Crippen LogP contribution in [0.1, 0.15) is 15.2 Å². The lowest BCUT2D eigenvalue weighted by molar-refractivity contribution is -0.0498. The number of rotatable bonds is 6. The van der Waals surface area contributed by atoms with E-state index in [1.165, 1.54) is 47.7 Å². The Bertz CT molecular complexity index is 1140. The number of hydrogen-bond acceptors (Lipinski definition) is 6. The minimum absolute atomic E-state index is 0.0379. The summed E-state index contributed by atoms with van der Waals surface area (Å²) >= 11 is 1.24. The number of carbonyl (C=O) groups excluding carboxylic acids is 1. The molecule has 0 aliphatic heterocycles. The average Bonchev–Trinajstić information content (AvgIpc) is 3.01. The van der Waals surface area contributed by atoms with E-state index in [4.69, 9.17) is 0 Å². The largest absolute Gasteiger partial charge is 0.435 e. The smallest absolute Gasteiger partial charge is 0.387 e. The maximum absolute atomic E-state index is 12.5. The van der Waals surface area contributed by atoms with Crippen LogP contribution < -0.4 is 10.1 Å². The lowest BCUT2D eigenvalue weighted by Gasteiger charge is -2.05. The molecule has 1 N–H and O–H groups in total. The SMILES string of the molecule is Cc1sc(NC(=O)c2cccc(S(C)(=O)=O)c2)nc1-c1ccc(OC(F)F)cc1. The van der Waals surface area contributed by atoms with Crippen molar-refractivity contribution in [3.05, 3.63) is 59.0 Å². The van der Waals surface area contributed by atoms with Crippen molar-refractivity contribution in [3.63, 3.8) is 0 Å². The highest BCUT2D eigenvalue weighted by molar-refractivity contribution is 7.90. The van der Waals surface area contributed by atoms with Crippen LogP contribution in [0.5, 0.6) is 5.75 Å². The molecule has 0 spiro atoms. The summed E-state index contributed by atoms with van der Waals surface area (Å²) < 4.78 is 52.2. The number of halogens is 2. The number of nitrogens with zero attached hydrogens (tertiary/aromatic N) is 1. The fourth-order valence-electron chi connectivity index (χ4n) is 2.55. The van der Waals surface area contributed by atoms with Gasteiger partial charge in [0, 0.05) is 22.3 Å². The molecule has 1 aromatic heterocycles. The van der Waals surface area contributed by atoms with Crippen LogP contribution in [-0.4, -0.2) is 32.2 Å². The van der Waals surface area contributed by atoms with Crippen LogP contribution in [0.4, 0.5) is 13.9 Å². The van der Waals surface area contributed by atoms with Crippen molar-refractivity contribution in [2.75, 3.05) is 11.6 Å². The molecule has 29 heavy (non-hydrogen) atoms. The fourth-order valence-corrected chi connectivity index (χ4v) is 4.05. The summed E-state index contributed by atoms with van der Waals surface area (Å²) in [6, 6.07) is 11.7.